The Morgan fingerprint density at radius 2 is 1.11 bits per heavy atom. The normalized spacial score (nSPS) is 18.2. The molecule has 6 nitrogen and oxygen atoms in total. The third-order valence-corrected chi connectivity index (χ3v) is 4.70. The largest absolute Gasteiger partial charge is 1.00 e. The summed E-state index contributed by atoms with van der Waals surface area (Å²) in [4.78, 5) is 7.59. The second-order valence-electron chi connectivity index (χ2n) is 2.39. The minimum atomic E-state index is 0. The quantitative estimate of drug-likeness (QED) is 0.222. The van der Waals surface area contributed by atoms with E-state index < -0.39 is 0 Å². The molecular formula is C6H12I2N6S4. The molecule has 0 radical (unpaired) electrons. The van der Waals surface area contributed by atoms with Crippen molar-refractivity contribution >= 4 is 67.7 Å². The van der Waals surface area contributed by atoms with Crippen LogP contribution in [0.25, 0.3) is 0 Å². The maximum atomic E-state index is 5.32. The van der Waals surface area contributed by atoms with Crippen molar-refractivity contribution in [3.05, 3.63) is 0 Å². The van der Waals surface area contributed by atoms with Gasteiger partial charge < -0.3 is 59.4 Å². The Balaban J connectivity index is 0. The van der Waals surface area contributed by atoms with E-state index in [1.54, 1.807) is 0 Å². The highest BCUT2D eigenvalue weighted by molar-refractivity contribution is 8.30. The van der Waals surface area contributed by atoms with E-state index in [-0.39, 0.29) is 48.0 Å². The molecule has 18 heavy (non-hydrogen) atoms. The van der Waals surface area contributed by atoms with Crippen LogP contribution in [0.1, 0.15) is 0 Å². The van der Waals surface area contributed by atoms with Crippen molar-refractivity contribution in [1.29, 1.82) is 0 Å². The SMILES string of the molecule is NC1=NC(=[NH2+])SCS1.NC1=NC(=[NH2+])SCS1.[I-].[I-]. The fourth-order valence-electron chi connectivity index (χ4n) is 0.647. The average Bonchev–Trinajstić information content (AvgIpc) is 2.17. The van der Waals surface area contributed by atoms with Gasteiger partial charge in [-0.2, -0.15) is 0 Å². The standard InChI is InChI=1S/2C3H5N3S2.2HI/c2*4-2-6-3(5)8-1-7-2;;/h2*1H2,(H3,4,5,6);2*1H. The summed E-state index contributed by atoms with van der Waals surface area (Å²) in [6.07, 6.45) is 0. The number of rotatable bonds is 0. The highest BCUT2D eigenvalue weighted by Gasteiger charge is 2.14. The van der Waals surface area contributed by atoms with Crippen molar-refractivity contribution in [2.75, 3.05) is 10.2 Å². The van der Waals surface area contributed by atoms with Gasteiger partial charge in [0, 0.05) is 0 Å². The number of hydrogen-bond donors (Lipinski definition) is 4. The Morgan fingerprint density at radius 3 is 1.28 bits per heavy atom. The van der Waals surface area contributed by atoms with Crippen LogP contribution in [0.3, 0.4) is 0 Å². The summed E-state index contributed by atoms with van der Waals surface area (Å²) in [5.74, 6) is 0. The van der Waals surface area contributed by atoms with E-state index in [0.29, 0.717) is 20.7 Å². The molecule has 0 aliphatic carbocycles. The third-order valence-electron chi connectivity index (χ3n) is 1.27. The zero-order chi connectivity index (χ0) is 12.0. The summed E-state index contributed by atoms with van der Waals surface area (Å²) >= 11 is 6.05. The van der Waals surface area contributed by atoms with Gasteiger partial charge in [0.25, 0.3) is 10.3 Å². The number of nitrogens with zero attached hydrogens (tertiary/aromatic N) is 2. The van der Waals surface area contributed by atoms with Crippen LogP contribution in [0.2, 0.25) is 0 Å². The Bertz CT molecular complexity index is 326. The van der Waals surface area contributed by atoms with E-state index in [2.05, 4.69) is 9.98 Å². The van der Waals surface area contributed by atoms with Crippen LogP contribution in [0.4, 0.5) is 0 Å². The van der Waals surface area contributed by atoms with Crippen molar-refractivity contribution in [2.24, 2.45) is 21.5 Å². The first-order chi connectivity index (χ1) is 7.58. The summed E-state index contributed by atoms with van der Waals surface area (Å²) in [5.41, 5.74) is 10.6. The van der Waals surface area contributed by atoms with Gasteiger partial charge in [-0.05, 0) is 57.0 Å². The van der Waals surface area contributed by atoms with Crippen LogP contribution < -0.4 is 70.2 Å². The predicted molar refractivity (Wildman–Crippen MR) is 77.2 cm³/mol. The second-order valence-corrected chi connectivity index (χ2v) is 7.10. The van der Waals surface area contributed by atoms with Crippen molar-refractivity contribution < 1.29 is 58.8 Å². The van der Waals surface area contributed by atoms with Crippen molar-refractivity contribution in [1.82, 2.24) is 0 Å². The first-order valence-corrected chi connectivity index (χ1v) is 7.96. The molecule has 0 bridgehead atoms. The second kappa shape index (κ2) is 11.9. The Hall–Kier alpha value is 1.14. The molecule has 2 heterocycles. The van der Waals surface area contributed by atoms with Gasteiger partial charge in [0.15, 0.2) is 0 Å². The first kappa shape index (κ1) is 21.4. The van der Waals surface area contributed by atoms with Crippen LogP contribution in [0.5, 0.6) is 0 Å². The lowest BCUT2D eigenvalue weighted by Crippen LogP contribution is -3.00. The summed E-state index contributed by atoms with van der Waals surface area (Å²) in [7, 11) is 0. The zero-order valence-corrected chi connectivity index (χ0v) is 16.6. The van der Waals surface area contributed by atoms with Crippen molar-refractivity contribution in [3.8, 4) is 0 Å². The summed E-state index contributed by atoms with van der Waals surface area (Å²) < 4.78 is 0. The summed E-state index contributed by atoms with van der Waals surface area (Å²) in [6, 6.07) is 0. The maximum Gasteiger partial charge on any atom is 0.354 e. The number of aliphatic imine (C=N–C) groups is 2. The van der Waals surface area contributed by atoms with Crippen LogP contribution >= 0.6 is 47.0 Å². The predicted octanol–water partition coefficient (Wildman–Crippen LogP) is -8.28. The van der Waals surface area contributed by atoms with Gasteiger partial charge in [0.05, 0.1) is 10.2 Å². The first-order valence-electron chi connectivity index (χ1n) is 4.02. The monoisotopic (exact) mass is 550 g/mol. The van der Waals surface area contributed by atoms with E-state index in [1.807, 2.05) is 0 Å². The Labute approximate surface area is 156 Å². The molecule has 0 saturated heterocycles. The molecule has 0 spiro atoms. The van der Waals surface area contributed by atoms with E-state index in [9.17, 15) is 0 Å². The molecule has 2 aliphatic heterocycles. The number of thioether (sulfide) groups is 4. The van der Waals surface area contributed by atoms with Gasteiger partial charge in [0.2, 0.25) is 0 Å². The third kappa shape index (κ3) is 9.99. The Kier molecular flexibility index (Phi) is 14.2. The highest BCUT2D eigenvalue weighted by atomic mass is 127. The maximum absolute atomic E-state index is 5.32. The van der Waals surface area contributed by atoms with E-state index in [4.69, 9.17) is 22.3 Å². The molecule has 8 N–H and O–H groups in total. The average molecular weight is 550 g/mol. The van der Waals surface area contributed by atoms with Crippen LogP contribution in [-0.4, -0.2) is 30.8 Å². The molecule has 2 rings (SSSR count). The van der Waals surface area contributed by atoms with E-state index >= 15 is 0 Å². The number of amidine groups is 4. The van der Waals surface area contributed by atoms with E-state index in [0.717, 1.165) is 10.2 Å². The number of hydrogen-bond acceptors (Lipinski definition) is 6. The lowest BCUT2D eigenvalue weighted by Gasteiger charge is -1.96. The van der Waals surface area contributed by atoms with Crippen LogP contribution in [0, 0.1) is 0 Å². The molecule has 0 aromatic rings. The van der Waals surface area contributed by atoms with Gasteiger partial charge >= 0.3 is 10.3 Å². The zero-order valence-electron chi connectivity index (χ0n) is 9.01. The fraction of sp³-hybridized carbons (Fsp3) is 0.333. The minimum absolute atomic E-state index is 0. The summed E-state index contributed by atoms with van der Waals surface area (Å²) in [5, 5.41) is 14.7. The van der Waals surface area contributed by atoms with Crippen LogP contribution in [0.15, 0.2) is 9.98 Å². The molecule has 0 aromatic carbocycles. The van der Waals surface area contributed by atoms with Gasteiger partial charge in [-0.1, -0.05) is 0 Å². The molecule has 104 valence electrons. The van der Waals surface area contributed by atoms with Crippen LogP contribution in [-0.2, 0) is 0 Å². The topological polar surface area (TPSA) is 128 Å². The van der Waals surface area contributed by atoms with Gasteiger partial charge in [-0.25, -0.2) is 0 Å². The Morgan fingerprint density at radius 1 is 0.778 bits per heavy atom. The molecule has 0 atom stereocenters. The lowest BCUT2D eigenvalue weighted by molar-refractivity contribution is -0.110. The lowest BCUT2D eigenvalue weighted by atomic mass is 11.2. The smallest absolute Gasteiger partial charge is 0.354 e. The van der Waals surface area contributed by atoms with Gasteiger partial charge in [-0.15, -0.1) is 0 Å². The van der Waals surface area contributed by atoms with Crippen molar-refractivity contribution in [3.63, 3.8) is 0 Å². The molecule has 0 fully saturated rings. The number of nitrogens with two attached hydrogens (primary N) is 4. The molecule has 0 amide bonds. The number of halogens is 2. The minimum Gasteiger partial charge on any atom is -1.00 e. The van der Waals surface area contributed by atoms with E-state index in [1.165, 1.54) is 47.0 Å². The highest BCUT2D eigenvalue weighted by Crippen LogP contribution is 2.17. The molecule has 0 aromatic heterocycles. The van der Waals surface area contributed by atoms with Crippen molar-refractivity contribution in [2.45, 2.75) is 0 Å². The van der Waals surface area contributed by atoms with Gasteiger partial charge in [-0.3, -0.25) is 10.8 Å². The fourth-order valence-corrected chi connectivity index (χ4v) is 3.82. The molecular weight excluding hydrogens is 538 g/mol. The molecule has 12 heteroatoms. The van der Waals surface area contributed by atoms with Gasteiger partial charge in [0.1, 0.15) is 0 Å². The molecule has 0 unspecified atom stereocenters. The molecule has 0 saturated carbocycles. The molecule has 2 aliphatic rings. The summed E-state index contributed by atoms with van der Waals surface area (Å²) in [6.45, 7) is 0.